The SMILES string of the molecule is COc1cccc(F)c1C(C)NC(=O)[C@@H](N)CC(C)C. The summed E-state index contributed by atoms with van der Waals surface area (Å²) in [6.45, 7) is 5.70. The molecule has 1 unspecified atom stereocenters. The molecule has 0 aromatic heterocycles. The number of ether oxygens (including phenoxy) is 1. The minimum Gasteiger partial charge on any atom is -0.496 e. The van der Waals surface area contributed by atoms with Crippen molar-refractivity contribution in [3.05, 3.63) is 29.6 Å². The highest BCUT2D eigenvalue weighted by atomic mass is 19.1. The second kappa shape index (κ2) is 7.24. The zero-order chi connectivity index (χ0) is 15.3. The predicted molar refractivity (Wildman–Crippen MR) is 76.9 cm³/mol. The zero-order valence-electron chi connectivity index (χ0n) is 12.4. The van der Waals surface area contributed by atoms with Gasteiger partial charge in [-0.25, -0.2) is 4.39 Å². The third-order valence-corrected chi connectivity index (χ3v) is 3.09. The van der Waals surface area contributed by atoms with Gasteiger partial charge in [-0.2, -0.15) is 0 Å². The fraction of sp³-hybridized carbons (Fsp3) is 0.533. The number of carbonyl (C=O) groups is 1. The van der Waals surface area contributed by atoms with Gasteiger partial charge in [-0.3, -0.25) is 4.79 Å². The Morgan fingerprint density at radius 1 is 1.40 bits per heavy atom. The highest BCUT2D eigenvalue weighted by Crippen LogP contribution is 2.27. The molecule has 0 spiro atoms. The van der Waals surface area contributed by atoms with Crippen molar-refractivity contribution in [1.29, 1.82) is 0 Å². The van der Waals surface area contributed by atoms with Crippen LogP contribution in [0.1, 0.15) is 38.8 Å². The van der Waals surface area contributed by atoms with Crippen molar-refractivity contribution >= 4 is 5.91 Å². The average molecular weight is 282 g/mol. The van der Waals surface area contributed by atoms with Crippen molar-refractivity contribution in [2.75, 3.05) is 7.11 Å². The van der Waals surface area contributed by atoms with Crippen LogP contribution >= 0.6 is 0 Å². The number of carbonyl (C=O) groups excluding carboxylic acids is 1. The minimum atomic E-state index is -0.588. The van der Waals surface area contributed by atoms with Gasteiger partial charge in [0.25, 0.3) is 0 Å². The maximum absolute atomic E-state index is 13.9. The number of hydrogen-bond acceptors (Lipinski definition) is 3. The number of rotatable bonds is 6. The normalized spacial score (nSPS) is 13.9. The summed E-state index contributed by atoms with van der Waals surface area (Å²) in [6.07, 6.45) is 0.590. The van der Waals surface area contributed by atoms with E-state index in [0.717, 1.165) is 0 Å². The molecule has 0 aliphatic heterocycles. The summed E-state index contributed by atoms with van der Waals surface area (Å²) in [4.78, 5) is 12.0. The standard InChI is InChI=1S/C15H23FN2O2/c1-9(2)8-12(17)15(19)18-10(3)14-11(16)6-5-7-13(14)20-4/h5-7,9-10,12H,8,17H2,1-4H3,(H,18,19)/t10?,12-/m0/s1. The lowest BCUT2D eigenvalue weighted by molar-refractivity contribution is -0.123. The molecule has 0 saturated carbocycles. The summed E-state index contributed by atoms with van der Waals surface area (Å²) in [7, 11) is 1.47. The lowest BCUT2D eigenvalue weighted by Crippen LogP contribution is -2.42. The number of benzene rings is 1. The number of nitrogens with two attached hydrogens (primary N) is 1. The van der Waals surface area contributed by atoms with Crippen LogP contribution in [0, 0.1) is 11.7 Å². The largest absolute Gasteiger partial charge is 0.496 e. The maximum Gasteiger partial charge on any atom is 0.237 e. The highest BCUT2D eigenvalue weighted by molar-refractivity contribution is 5.81. The Hall–Kier alpha value is -1.62. The molecule has 5 heteroatoms. The number of hydrogen-bond donors (Lipinski definition) is 2. The molecule has 1 aromatic rings. The molecule has 2 atom stereocenters. The van der Waals surface area contributed by atoms with Crippen LogP contribution < -0.4 is 15.8 Å². The van der Waals surface area contributed by atoms with Gasteiger partial charge < -0.3 is 15.8 Å². The maximum atomic E-state index is 13.9. The Balaban J connectivity index is 2.81. The quantitative estimate of drug-likeness (QED) is 0.842. The van der Waals surface area contributed by atoms with Crippen LogP contribution in [0.15, 0.2) is 18.2 Å². The molecule has 3 N–H and O–H groups in total. The summed E-state index contributed by atoms with van der Waals surface area (Å²) in [5, 5.41) is 2.73. The Morgan fingerprint density at radius 2 is 2.05 bits per heavy atom. The Bertz CT molecular complexity index is 463. The van der Waals surface area contributed by atoms with E-state index < -0.39 is 17.9 Å². The molecule has 0 saturated heterocycles. The molecule has 1 rings (SSSR count). The van der Waals surface area contributed by atoms with E-state index in [4.69, 9.17) is 10.5 Å². The van der Waals surface area contributed by atoms with Crippen LogP contribution in [0.2, 0.25) is 0 Å². The summed E-state index contributed by atoms with van der Waals surface area (Å²) >= 11 is 0. The first kappa shape index (κ1) is 16.4. The van der Waals surface area contributed by atoms with Crippen LogP contribution in [0.5, 0.6) is 5.75 Å². The molecule has 0 fully saturated rings. The van der Waals surface area contributed by atoms with E-state index in [2.05, 4.69) is 5.32 Å². The fourth-order valence-electron chi connectivity index (χ4n) is 2.12. The van der Waals surface area contributed by atoms with Crippen molar-refractivity contribution < 1.29 is 13.9 Å². The lowest BCUT2D eigenvalue weighted by Gasteiger charge is -2.21. The van der Waals surface area contributed by atoms with Crippen LogP contribution in [0.25, 0.3) is 0 Å². The number of nitrogens with one attached hydrogen (secondary N) is 1. The smallest absolute Gasteiger partial charge is 0.237 e. The van der Waals surface area contributed by atoms with Crippen molar-refractivity contribution in [1.82, 2.24) is 5.32 Å². The van der Waals surface area contributed by atoms with Crippen LogP contribution in [-0.4, -0.2) is 19.1 Å². The summed E-state index contributed by atoms with van der Waals surface area (Å²) < 4.78 is 19.0. The van der Waals surface area contributed by atoms with E-state index in [9.17, 15) is 9.18 Å². The molecular formula is C15H23FN2O2. The van der Waals surface area contributed by atoms with Crippen LogP contribution in [0.3, 0.4) is 0 Å². The van der Waals surface area contributed by atoms with Crippen molar-refractivity contribution in [3.8, 4) is 5.75 Å². The molecule has 4 nitrogen and oxygen atoms in total. The monoisotopic (exact) mass is 282 g/mol. The second-order valence-electron chi connectivity index (χ2n) is 5.32. The zero-order valence-corrected chi connectivity index (χ0v) is 12.4. The highest BCUT2D eigenvalue weighted by Gasteiger charge is 2.21. The van der Waals surface area contributed by atoms with Gasteiger partial charge in [0.2, 0.25) is 5.91 Å². The number of halogens is 1. The average Bonchev–Trinajstić information content (AvgIpc) is 2.37. The molecule has 1 aromatic carbocycles. The van der Waals surface area contributed by atoms with Gasteiger partial charge in [-0.15, -0.1) is 0 Å². The first-order valence-electron chi connectivity index (χ1n) is 6.75. The third kappa shape index (κ3) is 4.20. The number of amides is 1. The molecule has 20 heavy (non-hydrogen) atoms. The van der Waals surface area contributed by atoms with Gasteiger partial charge in [0.15, 0.2) is 0 Å². The molecule has 0 bridgehead atoms. The molecule has 1 amide bonds. The van der Waals surface area contributed by atoms with E-state index >= 15 is 0 Å². The Kier molecular flexibility index (Phi) is 5.95. The predicted octanol–water partition coefficient (Wildman–Crippen LogP) is 2.38. The Labute approximate surface area is 119 Å². The van der Waals surface area contributed by atoms with Crippen molar-refractivity contribution in [2.45, 2.75) is 39.3 Å². The van der Waals surface area contributed by atoms with Crippen molar-refractivity contribution in [2.24, 2.45) is 11.7 Å². The molecule has 0 radical (unpaired) electrons. The third-order valence-electron chi connectivity index (χ3n) is 3.09. The first-order valence-corrected chi connectivity index (χ1v) is 6.75. The fourth-order valence-corrected chi connectivity index (χ4v) is 2.12. The van der Waals surface area contributed by atoms with Gasteiger partial charge in [0.1, 0.15) is 11.6 Å². The topological polar surface area (TPSA) is 64.3 Å². The second-order valence-corrected chi connectivity index (χ2v) is 5.32. The molecule has 0 heterocycles. The summed E-state index contributed by atoms with van der Waals surface area (Å²) in [5.74, 6) is 0.0513. The molecule has 0 aliphatic rings. The molecular weight excluding hydrogens is 259 g/mol. The minimum absolute atomic E-state index is 0.281. The van der Waals surface area contributed by atoms with Gasteiger partial charge in [0.05, 0.1) is 24.8 Å². The lowest BCUT2D eigenvalue weighted by atomic mass is 10.0. The summed E-state index contributed by atoms with van der Waals surface area (Å²) in [5.41, 5.74) is 6.15. The van der Waals surface area contributed by atoms with Gasteiger partial charge in [0, 0.05) is 0 Å². The van der Waals surface area contributed by atoms with Crippen LogP contribution in [-0.2, 0) is 4.79 Å². The number of methoxy groups -OCH3 is 1. The molecule has 112 valence electrons. The Morgan fingerprint density at radius 3 is 2.60 bits per heavy atom. The van der Waals surface area contributed by atoms with Gasteiger partial charge in [-0.1, -0.05) is 19.9 Å². The van der Waals surface area contributed by atoms with Gasteiger partial charge in [-0.05, 0) is 31.4 Å². The van der Waals surface area contributed by atoms with E-state index in [1.165, 1.54) is 13.2 Å². The molecule has 0 aliphatic carbocycles. The van der Waals surface area contributed by atoms with Gasteiger partial charge >= 0.3 is 0 Å². The van der Waals surface area contributed by atoms with E-state index in [-0.39, 0.29) is 5.91 Å². The van der Waals surface area contributed by atoms with E-state index in [1.807, 2.05) is 13.8 Å². The van der Waals surface area contributed by atoms with E-state index in [0.29, 0.717) is 23.7 Å². The summed E-state index contributed by atoms with van der Waals surface area (Å²) in [6, 6.07) is 3.48. The first-order chi connectivity index (χ1) is 9.36. The van der Waals surface area contributed by atoms with Crippen molar-refractivity contribution in [3.63, 3.8) is 0 Å². The van der Waals surface area contributed by atoms with E-state index in [1.54, 1.807) is 19.1 Å². The van der Waals surface area contributed by atoms with Crippen LogP contribution in [0.4, 0.5) is 4.39 Å².